The van der Waals surface area contributed by atoms with Crippen LogP contribution in [0.2, 0.25) is 0 Å². The quantitative estimate of drug-likeness (QED) is 0.333. The van der Waals surface area contributed by atoms with Crippen LogP contribution in [0.25, 0.3) is 11.0 Å². The van der Waals surface area contributed by atoms with Crippen LogP contribution in [0.1, 0.15) is 53.1 Å². The van der Waals surface area contributed by atoms with Crippen molar-refractivity contribution in [2.75, 3.05) is 13.7 Å². The van der Waals surface area contributed by atoms with Gasteiger partial charge in [-0.05, 0) is 47.9 Å². The normalized spacial score (nSPS) is 14.9. The lowest BCUT2D eigenvalue weighted by Gasteiger charge is -2.26. The van der Waals surface area contributed by atoms with Gasteiger partial charge in [-0.3, -0.25) is 14.6 Å². The van der Waals surface area contributed by atoms with Gasteiger partial charge >= 0.3 is 0 Å². The standard InChI is InChI=1S/C28H26N2O5/c1-3-4-14-34-22-12-11-19(15-23(22)33-2)25-24-26(31)20-9-5-6-10-21(20)35-27(24)28(32)30(25)17-18-8-7-13-29-16-18/h5-13,15-16,25H,3-4,14,17H2,1-2H3/t25-/m1/s1. The van der Waals surface area contributed by atoms with Crippen molar-refractivity contribution in [3.63, 3.8) is 0 Å². The number of rotatable bonds is 8. The molecule has 1 amide bonds. The predicted octanol–water partition coefficient (Wildman–Crippen LogP) is 5.12. The molecular weight excluding hydrogens is 444 g/mol. The smallest absolute Gasteiger partial charge is 0.291 e. The molecule has 3 heterocycles. The van der Waals surface area contributed by atoms with Crippen molar-refractivity contribution < 1.29 is 18.7 Å². The van der Waals surface area contributed by atoms with Gasteiger partial charge in [-0.2, -0.15) is 0 Å². The molecule has 1 atom stereocenters. The predicted molar refractivity (Wildman–Crippen MR) is 132 cm³/mol. The zero-order chi connectivity index (χ0) is 24.4. The Morgan fingerprint density at radius 2 is 1.91 bits per heavy atom. The average molecular weight is 471 g/mol. The first-order valence-electron chi connectivity index (χ1n) is 11.7. The second-order valence-electron chi connectivity index (χ2n) is 8.48. The molecule has 0 fully saturated rings. The number of para-hydroxylation sites is 1. The molecule has 5 rings (SSSR count). The van der Waals surface area contributed by atoms with Gasteiger partial charge in [0, 0.05) is 18.9 Å². The summed E-state index contributed by atoms with van der Waals surface area (Å²) in [6, 6.07) is 15.6. The van der Waals surface area contributed by atoms with Crippen LogP contribution in [0.5, 0.6) is 11.5 Å². The maximum atomic E-state index is 13.6. The summed E-state index contributed by atoms with van der Waals surface area (Å²) >= 11 is 0. The van der Waals surface area contributed by atoms with E-state index in [2.05, 4.69) is 11.9 Å². The highest BCUT2D eigenvalue weighted by Crippen LogP contribution is 2.41. The Balaban J connectivity index is 1.65. The number of unbranched alkanes of at least 4 members (excludes halogenated alkanes) is 1. The molecule has 0 N–H and O–H groups in total. The van der Waals surface area contributed by atoms with Gasteiger partial charge in [0.2, 0.25) is 5.76 Å². The van der Waals surface area contributed by atoms with E-state index in [-0.39, 0.29) is 23.6 Å². The Bertz CT molecular complexity index is 1430. The second kappa shape index (κ2) is 9.62. The van der Waals surface area contributed by atoms with Crippen LogP contribution in [0.3, 0.4) is 0 Å². The maximum Gasteiger partial charge on any atom is 0.291 e. The van der Waals surface area contributed by atoms with E-state index in [1.54, 1.807) is 48.7 Å². The summed E-state index contributed by atoms with van der Waals surface area (Å²) in [5.74, 6) is 0.911. The van der Waals surface area contributed by atoms with Gasteiger partial charge < -0.3 is 18.8 Å². The molecule has 0 radical (unpaired) electrons. The highest BCUT2D eigenvalue weighted by atomic mass is 16.5. The lowest BCUT2D eigenvalue weighted by atomic mass is 9.98. The Morgan fingerprint density at radius 1 is 1.06 bits per heavy atom. The number of ether oxygens (including phenoxy) is 2. The molecule has 0 bridgehead atoms. The number of amides is 1. The van der Waals surface area contributed by atoms with Crippen molar-refractivity contribution in [1.29, 1.82) is 0 Å². The van der Waals surface area contributed by atoms with Gasteiger partial charge in [0.1, 0.15) is 5.58 Å². The fourth-order valence-electron chi connectivity index (χ4n) is 4.47. The molecule has 4 aromatic rings. The molecule has 35 heavy (non-hydrogen) atoms. The zero-order valence-corrected chi connectivity index (χ0v) is 19.7. The molecule has 0 saturated carbocycles. The first-order chi connectivity index (χ1) is 17.1. The van der Waals surface area contributed by atoms with Gasteiger partial charge in [0.15, 0.2) is 16.9 Å². The number of fused-ring (bicyclic) bond motifs is 2. The fourth-order valence-corrected chi connectivity index (χ4v) is 4.47. The van der Waals surface area contributed by atoms with Crippen LogP contribution < -0.4 is 14.9 Å². The molecule has 1 aliphatic heterocycles. The van der Waals surface area contributed by atoms with Crippen LogP contribution in [-0.2, 0) is 6.54 Å². The lowest BCUT2D eigenvalue weighted by molar-refractivity contribution is 0.0714. The third-order valence-corrected chi connectivity index (χ3v) is 6.21. The first kappa shape index (κ1) is 22.7. The molecule has 0 spiro atoms. The number of carbonyl (C=O) groups excluding carboxylic acids is 1. The number of pyridine rings is 1. The fraction of sp³-hybridized carbons (Fsp3) is 0.250. The molecule has 2 aromatic heterocycles. The summed E-state index contributed by atoms with van der Waals surface area (Å²) in [6.07, 6.45) is 5.35. The monoisotopic (exact) mass is 470 g/mol. The molecular formula is C28H26N2O5. The van der Waals surface area contributed by atoms with E-state index in [9.17, 15) is 9.59 Å². The van der Waals surface area contributed by atoms with Crippen molar-refractivity contribution in [2.45, 2.75) is 32.4 Å². The van der Waals surface area contributed by atoms with E-state index in [0.717, 1.165) is 24.0 Å². The summed E-state index contributed by atoms with van der Waals surface area (Å²) in [4.78, 5) is 33.1. The van der Waals surface area contributed by atoms with Crippen molar-refractivity contribution in [1.82, 2.24) is 9.88 Å². The van der Waals surface area contributed by atoms with Crippen LogP contribution in [0.4, 0.5) is 0 Å². The molecule has 0 unspecified atom stereocenters. The van der Waals surface area contributed by atoms with Crippen LogP contribution in [-0.4, -0.2) is 29.5 Å². The topological polar surface area (TPSA) is 81.9 Å². The van der Waals surface area contributed by atoms with Crippen molar-refractivity contribution >= 4 is 16.9 Å². The Labute approximate surface area is 202 Å². The van der Waals surface area contributed by atoms with Gasteiger partial charge in [0.05, 0.1) is 30.7 Å². The van der Waals surface area contributed by atoms with E-state index in [1.165, 1.54) is 0 Å². The molecule has 1 aliphatic rings. The van der Waals surface area contributed by atoms with Crippen molar-refractivity contribution in [3.8, 4) is 11.5 Å². The number of aromatic nitrogens is 1. The molecule has 2 aromatic carbocycles. The molecule has 178 valence electrons. The van der Waals surface area contributed by atoms with E-state index in [1.807, 2.05) is 30.3 Å². The van der Waals surface area contributed by atoms with Crippen LogP contribution >= 0.6 is 0 Å². The number of carbonyl (C=O) groups is 1. The lowest BCUT2D eigenvalue weighted by Crippen LogP contribution is -2.29. The average Bonchev–Trinajstić information content (AvgIpc) is 3.16. The molecule has 0 saturated heterocycles. The number of nitrogens with zero attached hydrogens (tertiary/aromatic N) is 2. The van der Waals surface area contributed by atoms with Crippen molar-refractivity contribution in [2.24, 2.45) is 0 Å². The Morgan fingerprint density at radius 3 is 2.69 bits per heavy atom. The largest absolute Gasteiger partial charge is 0.493 e. The third kappa shape index (κ3) is 4.14. The second-order valence-corrected chi connectivity index (χ2v) is 8.48. The Kier molecular flexibility index (Phi) is 6.23. The van der Waals surface area contributed by atoms with Gasteiger partial charge in [0.25, 0.3) is 5.91 Å². The number of hydrogen-bond acceptors (Lipinski definition) is 6. The minimum atomic E-state index is -0.642. The zero-order valence-electron chi connectivity index (χ0n) is 19.7. The summed E-state index contributed by atoms with van der Waals surface area (Å²) in [7, 11) is 1.58. The summed E-state index contributed by atoms with van der Waals surface area (Å²) < 4.78 is 17.5. The maximum absolute atomic E-state index is 13.6. The highest BCUT2D eigenvalue weighted by molar-refractivity contribution is 5.99. The van der Waals surface area contributed by atoms with E-state index < -0.39 is 6.04 Å². The SMILES string of the molecule is CCCCOc1ccc([C@@H]2c3c(oc4ccccc4c3=O)C(=O)N2Cc2cccnc2)cc1OC. The summed E-state index contributed by atoms with van der Waals surface area (Å²) in [5, 5.41) is 0.443. The van der Waals surface area contributed by atoms with Crippen molar-refractivity contribution in [3.05, 3.63) is 99.7 Å². The van der Waals surface area contributed by atoms with Gasteiger partial charge in [-0.25, -0.2) is 0 Å². The summed E-state index contributed by atoms with van der Waals surface area (Å²) in [5.41, 5.74) is 2.10. The minimum Gasteiger partial charge on any atom is -0.493 e. The Hall–Kier alpha value is -4.13. The van der Waals surface area contributed by atoms with Crippen LogP contribution in [0, 0.1) is 0 Å². The highest BCUT2D eigenvalue weighted by Gasteiger charge is 2.43. The molecule has 7 nitrogen and oxygen atoms in total. The van der Waals surface area contributed by atoms with Gasteiger partial charge in [-0.15, -0.1) is 0 Å². The minimum absolute atomic E-state index is 0.0739. The molecule has 7 heteroatoms. The summed E-state index contributed by atoms with van der Waals surface area (Å²) in [6.45, 7) is 2.96. The number of hydrogen-bond donors (Lipinski definition) is 0. The first-order valence-corrected chi connectivity index (χ1v) is 11.7. The van der Waals surface area contributed by atoms with E-state index >= 15 is 0 Å². The van der Waals surface area contributed by atoms with E-state index in [4.69, 9.17) is 13.9 Å². The van der Waals surface area contributed by atoms with Gasteiger partial charge in [-0.1, -0.05) is 37.6 Å². The van der Waals surface area contributed by atoms with Crippen LogP contribution in [0.15, 0.2) is 76.2 Å². The number of methoxy groups -OCH3 is 1. The number of benzene rings is 2. The third-order valence-electron chi connectivity index (χ3n) is 6.21. The van der Waals surface area contributed by atoms with E-state index in [0.29, 0.717) is 34.6 Å². The molecule has 0 aliphatic carbocycles.